The van der Waals surface area contributed by atoms with Crippen LogP contribution in [0.2, 0.25) is 0 Å². The average Bonchev–Trinajstić information content (AvgIpc) is 2.44. The number of rotatable bonds is 3. The maximum Gasteiger partial charge on any atom is 0.411 e. The van der Waals surface area contributed by atoms with Crippen LogP contribution in [0.25, 0.3) is 0 Å². The van der Waals surface area contributed by atoms with E-state index in [1.165, 1.54) is 6.92 Å². The number of hydrogen-bond donors (Lipinski definition) is 0. The molecular formula is C14H25F3N2O3. The van der Waals surface area contributed by atoms with E-state index in [0.717, 1.165) is 0 Å². The van der Waals surface area contributed by atoms with Crippen molar-refractivity contribution in [3.63, 3.8) is 0 Å². The Balaban J connectivity index is 0.000000472. The predicted octanol–water partition coefficient (Wildman–Crippen LogP) is 3.09. The Morgan fingerprint density at radius 2 is 1.64 bits per heavy atom. The molecule has 0 spiro atoms. The zero-order valence-corrected chi connectivity index (χ0v) is 13.9. The quantitative estimate of drug-likeness (QED) is 0.801. The highest BCUT2D eigenvalue weighted by molar-refractivity contribution is 5.93. The van der Waals surface area contributed by atoms with Crippen LogP contribution in [-0.2, 0) is 14.2 Å². The van der Waals surface area contributed by atoms with E-state index in [1.807, 2.05) is 6.92 Å². The molecule has 0 N–H and O–H groups in total. The Bertz CT molecular complexity index is 382. The number of aliphatic imine (C=N–C) groups is 2. The van der Waals surface area contributed by atoms with E-state index in [-0.39, 0.29) is 18.7 Å². The molecule has 0 fully saturated rings. The van der Waals surface area contributed by atoms with E-state index in [1.54, 1.807) is 14.2 Å². The van der Waals surface area contributed by atoms with Gasteiger partial charge in [0.25, 0.3) is 0 Å². The number of ether oxygens (including phenoxy) is 3. The Morgan fingerprint density at radius 1 is 1.09 bits per heavy atom. The number of methoxy groups -OCH3 is 2. The van der Waals surface area contributed by atoms with Crippen molar-refractivity contribution in [3.05, 3.63) is 0 Å². The Morgan fingerprint density at radius 3 is 1.95 bits per heavy atom. The normalized spacial score (nSPS) is 21.5. The summed E-state index contributed by atoms with van der Waals surface area (Å²) in [5.41, 5.74) is 0. The van der Waals surface area contributed by atoms with Gasteiger partial charge >= 0.3 is 6.18 Å². The second-order valence-electron chi connectivity index (χ2n) is 4.96. The van der Waals surface area contributed by atoms with E-state index < -0.39 is 12.8 Å². The molecule has 0 aromatic heterocycles. The minimum absolute atomic E-state index is 0.00819. The summed E-state index contributed by atoms with van der Waals surface area (Å²) in [6, 6.07) is -0.0453. The van der Waals surface area contributed by atoms with Crippen LogP contribution in [0.1, 0.15) is 27.7 Å². The van der Waals surface area contributed by atoms with Gasteiger partial charge in [-0.3, -0.25) is 0 Å². The molecular weight excluding hydrogens is 301 g/mol. The summed E-state index contributed by atoms with van der Waals surface area (Å²) in [6.45, 7) is 6.62. The first kappa shape index (κ1) is 20.7. The predicted molar refractivity (Wildman–Crippen MR) is 79.5 cm³/mol. The third-order valence-electron chi connectivity index (χ3n) is 2.72. The molecule has 130 valence electrons. The fourth-order valence-corrected chi connectivity index (χ4v) is 1.67. The summed E-state index contributed by atoms with van der Waals surface area (Å²) in [5, 5.41) is 0. The molecule has 0 aromatic rings. The topological polar surface area (TPSA) is 52.4 Å². The first-order chi connectivity index (χ1) is 10.2. The van der Waals surface area contributed by atoms with Gasteiger partial charge in [-0.2, -0.15) is 13.2 Å². The second-order valence-corrected chi connectivity index (χ2v) is 4.96. The van der Waals surface area contributed by atoms with E-state index in [0.29, 0.717) is 17.7 Å². The fourth-order valence-electron chi connectivity index (χ4n) is 1.67. The summed E-state index contributed by atoms with van der Waals surface area (Å²) < 4.78 is 47.8. The standard InChI is InChI=1S/C10H18N2O2.C4H7F3O/c1-6(2)8-10(14-5)11-7(3)9(12-8)13-4;1-2-8-3-4(5,6)7/h6-8H,1-5H3;2-3H2,1H3/t7-,8+;/m0./s1. The molecule has 0 aromatic carbocycles. The maximum absolute atomic E-state index is 11.1. The third kappa shape index (κ3) is 7.63. The summed E-state index contributed by atoms with van der Waals surface area (Å²) in [5.74, 6) is 1.75. The minimum Gasteiger partial charge on any atom is -0.483 e. The van der Waals surface area contributed by atoms with Gasteiger partial charge in [-0.1, -0.05) is 13.8 Å². The molecule has 8 heteroatoms. The number of nitrogens with zero attached hydrogens (tertiary/aromatic N) is 2. The molecule has 0 saturated heterocycles. The average molecular weight is 326 g/mol. The smallest absolute Gasteiger partial charge is 0.411 e. The summed E-state index contributed by atoms with van der Waals surface area (Å²) in [6.07, 6.45) is -4.17. The van der Waals surface area contributed by atoms with Gasteiger partial charge in [-0.25, -0.2) is 9.98 Å². The van der Waals surface area contributed by atoms with Crippen molar-refractivity contribution in [2.75, 3.05) is 27.4 Å². The highest BCUT2D eigenvalue weighted by Crippen LogP contribution is 2.17. The fraction of sp³-hybridized carbons (Fsp3) is 0.857. The Kier molecular flexibility index (Phi) is 9.08. The highest BCUT2D eigenvalue weighted by atomic mass is 19.4. The molecule has 5 nitrogen and oxygen atoms in total. The number of hydrogen-bond acceptors (Lipinski definition) is 5. The van der Waals surface area contributed by atoms with Gasteiger partial charge in [0.1, 0.15) is 18.7 Å². The molecule has 0 radical (unpaired) electrons. The maximum atomic E-state index is 11.1. The molecule has 1 heterocycles. The van der Waals surface area contributed by atoms with Crippen LogP contribution in [0.5, 0.6) is 0 Å². The largest absolute Gasteiger partial charge is 0.483 e. The van der Waals surface area contributed by atoms with Crippen molar-refractivity contribution in [2.45, 2.75) is 46.0 Å². The van der Waals surface area contributed by atoms with Gasteiger partial charge in [0.05, 0.1) is 14.2 Å². The molecule has 0 unspecified atom stereocenters. The van der Waals surface area contributed by atoms with Gasteiger partial charge in [-0.15, -0.1) is 0 Å². The Labute approximate surface area is 129 Å². The van der Waals surface area contributed by atoms with Crippen molar-refractivity contribution < 1.29 is 27.4 Å². The number of alkyl halides is 3. The molecule has 1 aliphatic rings. The van der Waals surface area contributed by atoms with Gasteiger partial charge in [-0.05, 0) is 19.8 Å². The van der Waals surface area contributed by atoms with Gasteiger partial charge < -0.3 is 14.2 Å². The molecule has 0 aliphatic carbocycles. The zero-order valence-electron chi connectivity index (χ0n) is 13.9. The lowest BCUT2D eigenvalue weighted by atomic mass is 10.0. The SMILES string of the molecule is CCOCC(F)(F)F.COC1=N[C@H](C(C)C)C(OC)=N[C@H]1C. The first-order valence-corrected chi connectivity index (χ1v) is 7.04. The van der Waals surface area contributed by atoms with E-state index in [9.17, 15) is 13.2 Å². The monoisotopic (exact) mass is 326 g/mol. The van der Waals surface area contributed by atoms with Crippen LogP contribution in [-0.4, -0.2) is 57.5 Å². The summed E-state index contributed by atoms with van der Waals surface area (Å²) in [7, 11) is 3.26. The summed E-state index contributed by atoms with van der Waals surface area (Å²) >= 11 is 0. The van der Waals surface area contributed by atoms with E-state index in [4.69, 9.17) is 9.47 Å². The molecule has 0 bridgehead atoms. The number of halogens is 3. The lowest BCUT2D eigenvalue weighted by molar-refractivity contribution is -0.172. The van der Waals surface area contributed by atoms with Crippen LogP contribution in [0.3, 0.4) is 0 Å². The van der Waals surface area contributed by atoms with Gasteiger partial charge in [0, 0.05) is 6.61 Å². The molecule has 22 heavy (non-hydrogen) atoms. The van der Waals surface area contributed by atoms with Crippen molar-refractivity contribution in [2.24, 2.45) is 15.9 Å². The lowest BCUT2D eigenvalue weighted by Crippen LogP contribution is -2.36. The minimum atomic E-state index is -4.17. The Hall–Kier alpha value is -1.31. The lowest BCUT2D eigenvalue weighted by Gasteiger charge is -2.25. The van der Waals surface area contributed by atoms with Crippen molar-refractivity contribution in [1.29, 1.82) is 0 Å². The summed E-state index contributed by atoms with van der Waals surface area (Å²) in [4.78, 5) is 8.87. The van der Waals surface area contributed by atoms with Crippen molar-refractivity contribution in [3.8, 4) is 0 Å². The van der Waals surface area contributed by atoms with E-state index in [2.05, 4.69) is 28.6 Å². The molecule has 1 rings (SSSR count). The van der Waals surface area contributed by atoms with E-state index >= 15 is 0 Å². The third-order valence-corrected chi connectivity index (χ3v) is 2.72. The zero-order chi connectivity index (χ0) is 17.3. The van der Waals surface area contributed by atoms with Crippen LogP contribution < -0.4 is 0 Å². The molecule has 2 atom stereocenters. The highest BCUT2D eigenvalue weighted by Gasteiger charge is 2.28. The van der Waals surface area contributed by atoms with Crippen molar-refractivity contribution in [1.82, 2.24) is 0 Å². The molecule has 1 aliphatic heterocycles. The molecule has 0 saturated carbocycles. The molecule has 0 amide bonds. The second kappa shape index (κ2) is 9.66. The van der Waals surface area contributed by atoms with Crippen molar-refractivity contribution >= 4 is 11.8 Å². The van der Waals surface area contributed by atoms with Gasteiger partial charge in [0.2, 0.25) is 11.8 Å². The van der Waals surface area contributed by atoms with Crippen LogP contribution in [0.4, 0.5) is 13.2 Å². The van der Waals surface area contributed by atoms with Crippen LogP contribution in [0, 0.1) is 5.92 Å². The van der Waals surface area contributed by atoms with Crippen LogP contribution >= 0.6 is 0 Å². The van der Waals surface area contributed by atoms with Gasteiger partial charge in [0.15, 0.2) is 0 Å². The van der Waals surface area contributed by atoms with Crippen LogP contribution in [0.15, 0.2) is 9.98 Å². The first-order valence-electron chi connectivity index (χ1n) is 7.04.